The van der Waals surface area contributed by atoms with Crippen molar-refractivity contribution in [1.82, 2.24) is 0 Å². The van der Waals surface area contributed by atoms with E-state index in [1.54, 1.807) is 0 Å². The Morgan fingerprint density at radius 2 is 1.79 bits per heavy atom. The summed E-state index contributed by atoms with van der Waals surface area (Å²) < 4.78 is 0. The molecule has 0 amide bonds. The smallest absolute Gasteiger partial charge is 0.193 e. The van der Waals surface area contributed by atoms with Crippen molar-refractivity contribution in [3.05, 3.63) is 70.3 Å². The van der Waals surface area contributed by atoms with Crippen LogP contribution in [0.25, 0.3) is 0 Å². The van der Waals surface area contributed by atoms with E-state index >= 15 is 0 Å². The topological polar surface area (TPSA) is 17.1 Å². The molecule has 0 heterocycles. The molecule has 2 rings (SSSR count). The molecule has 0 fully saturated rings. The zero-order valence-electron chi connectivity index (χ0n) is 11.9. The summed E-state index contributed by atoms with van der Waals surface area (Å²) in [6.07, 6.45) is 1.84. The van der Waals surface area contributed by atoms with Gasteiger partial charge in [0.05, 0.1) is 0 Å². The van der Waals surface area contributed by atoms with Gasteiger partial charge in [0.25, 0.3) is 0 Å². The lowest BCUT2D eigenvalue weighted by molar-refractivity contribution is 0.103. The Kier molecular flexibility index (Phi) is 4.16. The molecule has 0 atom stereocenters. The van der Waals surface area contributed by atoms with E-state index in [0.29, 0.717) is 0 Å². The lowest BCUT2D eigenvalue weighted by Crippen LogP contribution is -2.06. The molecule has 0 aromatic heterocycles. The molecule has 2 aromatic carbocycles. The summed E-state index contributed by atoms with van der Waals surface area (Å²) >= 11 is 0. The zero-order chi connectivity index (χ0) is 13.8. The highest BCUT2D eigenvalue weighted by atomic mass is 16.1. The first-order chi connectivity index (χ1) is 9.15. The third-order valence-electron chi connectivity index (χ3n) is 3.49. The second-order valence-corrected chi connectivity index (χ2v) is 4.90. The lowest BCUT2D eigenvalue weighted by Gasteiger charge is -2.09. The largest absolute Gasteiger partial charge is 0.289 e. The Balaban J connectivity index is 2.48. The number of carbonyl (C=O) groups excluding carboxylic acids is 1. The molecule has 0 saturated carbocycles. The van der Waals surface area contributed by atoms with Crippen molar-refractivity contribution in [1.29, 1.82) is 0 Å². The number of hydrogen-bond donors (Lipinski definition) is 0. The van der Waals surface area contributed by atoms with Crippen LogP contribution < -0.4 is 0 Å². The maximum Gasteiger partial charge on any atom is 0.193 e. The minimum absolute atomic E-state index is 0.135. The van der Waals surface area contributed by atoms with Gasteiger partial charge < -0.3 is 0 Å². The van der Waals surface area contributed by atoms with Crippen LogP contribution in [0.3, 0.4) is 0 Å². The van der Waals surface area contributed by atoms with Gasteiger partial charge >= 0.3 is 0 Å². The standard InChI is InChI=1S/C18H20O/c1-4-14-9-10-15(5-2)17(12-14)18(19)16-8-6-7-13(3)11-16/h6-12H,4-5H2,1-3H3. The van der Waals surface area contributed by atoms with Crippen LogP contribution in [0.5, 0.6) is 0 Å². The van der Waals surface area contributed by atoms with Crippen LogP contribution in [0.1, 0.15) is 46.5 Å². The first-order valence-electron chi connectivity index (χ1n) is 6.88. The van der Waals surface area contributed by atoms with E-state index in [-0.39, 0.29) is 5.78 Å². The van der Waals surface area contributed by atoms with E-state index in [1.165, 1.54) is 5.56 Å². The molecule has 0 bridgehead atoms. The molecule has 0 aliphatic carbocycles. The predicted molar refractivity (Wildman–Crippen MR) is 79.8 cm³/mol. The van der Waals surface area contributed by atoms with E-state index in [2.05, 4.69) is 26.0 Å². The summed E-state index contributed by atoms with van der Waals surface area (Å²) in [6.45, 7) is 6.22. The van der Waals surface area contributed by atoms with Gasteiger partial charge in [-0.05, 0) is 43.0 Å². The van der Waals surface area contributed by atoms with E-state index in [0.717, 1.165) is 35.1 Å². The first-order valence-corrected chi connectivity index (χ1v) is 6.88. The molecule has 0 unspecified atom stereocenters. The SMILES string of the molecule is CCc1ccc(CC)c(C(=O)c2cccc(C)c2)c1. The molecule has 1 heteroatoms. The van der Waals surface area contributed by atoms with Crippen molar-refractivity contribution >= 4 is 5.78 Å². The molecule has 0 radical (unpaired) electrons. The molecule has 0 N–H and O–H groups in total. The first kappa shape index (κ1) is 13.5. The number of rotatable bonds is 4. The highest BCUT2D eigenvalue weighted by molar-refractivity contribution is 6.10. The average Bonchev–Trinajstić information content (AvgIpc) is 2.45. The maximum absolute atomic E-state index is 12.6. The molecule has 0 spiro atoms. The summed E-state index contributed by atoms with van der Waals surface area (Å²) in [5.74, 6) is 0.135. The van der Waals surface area contributed by atoms with Gasteiger partial charge in [-0.1, -0.05) is 49.7 Å². The van der Waals surface area contributed by atoms with E-state index in [4.69, 9.17) is 0 Å². The number of aryl methyl sites for hydroxylation is 3. The normalized spacial score (nSPS) is 10.5. The molecule has 0 aliphatic heterocycles. The predicted octanol–water partition coefficient (Wildman–Crippen LogP) is 4.35. The van der Waals surface area contributed by atoms with Crippen LogP contribution in [0.4, 0.5) is 0 Å². The minimum atomic E-state index is 0.135. The quantitative estimate of drug-likeness (QED) is 0.739. The van der Waals surface area contributed by atoms with E-state index in [1.807, 2.05) is 37.3 Å². The molecule has 2 aromatic rings. The van der Waals surface area contributed by atoms with Gasteiger partial charge in [-0.25, -0.2) is 0 Å². The maximum atomic E-state index is 12.6. The Morgan fingerprint density at radius 3 is 2.42 bits per heavy atom. The Labute approximate surface area is 115 Å². The van der Waals surface area contributed by atoms with Crippen molar-refractivity contribution < 1.29 is 4.79 Å². The van der Waals surface area contributed by atoms with Crippen molar-refractivity contribution in [3.63, 3.8) is 0 Å². The van der Waals surface area contributed by atoms with Crippen molar-refractivity contribution in [2.45, 2.75) is 33.6 Å². The molecule has 98 valence electrons. The van der Waals surface area contributed by atoms with Gasteiger partial charge in [0.1, 0.15) is 0 Å². The Bertz CT molecular complexity index is 596. The van der Waals surface area contributed by atoms with Gasteiger partial charge in [0, 0.05) is 11.1 Å². The average molecular weight is 252 g/mol. The fourth-order valence-electron chi connectivity index (χ4n) is 2.31. The molecule has 1 nitrogen and oxygen atoms in total. The molecule has 0 saturated heterocycles. The summed E-state index contributed by atoms with van der Waals surface area (Å²) in [6, 6.07) is 14.1. The Morgan fingerprint density at radius 1 is 1.00 bits per heavy atom. The van der Waals surface area contributed by atoms with Gasteiger partial charge in [-0.2, -0.15) is 0 Å². The highest BCUT2D eigenvalue weighted by Crippen LogP contribution is 2.18. The molecular weight excluding hydrogens is 232 g/mol. The third kappa shape index (κ3) is 2.93. The fraction of sp³-hybridized carbons (Fsp3) is 0.278. The summed E-state index contributed by atoms with van der Waals surface area (Å²) in [5, 5.41) is 0. The number of hydrogen-bond acceptors (Lipinski definition) is 1. The summed E-state index contributed by atoms with van der Waals surface area (Å²) in [5.41, 5.74) is 5.10. The zero-order valence-corrected chi connectivity index (χ0v) is 11.9. The lowest BCUT2D eigenvalue weighted by atomic mass is 9.94. The Hall–Kier alpha value is -1.89. The highest BCUT2D eigenvalue weighted by Gasteiger charge is 2.13. The van der Waals surface area contributed by atoms with Crippen LogP contribution >= 0.6 is 0 Å². The van der Waals surface area contributed by atoms with Gasteiger partial charge in [0.2, 0.25) is 0 Å². The number of benzene rings is 2. The van der Waals surface area contributed by atoms with Crippen LogP contribution in [0.15, 0.2) is 42.5 Å². The second kappa shape index (κ2) is 5.83. The van der Waals surface area contributed by atoms with E-state index < -0.39 is 0 Å². The summed E-state index contributed by atoms with van der Waals surface area (Å²) in [4.78, 5) is 12.6. The minimum Gasteiger partial charge on any atom is -0.289 e. The van der Waals surface area contributed by atoms with Crippen molar-refractivity contribution in [2.75, 3.05) is 0 Å². The fourth-order valence-corrected chi connectivity index (χ4v) is 2.31. The van der Waals surface area contributed by atoms with Gasteiger partial charge in [0.15, 0.2) is 5.78 Å². The number of carbonyl (C=O) groups is 1. The van der Waals surface area contributed by atoms with Gasteiger partial charge in [-0.3, -0.25) is 4.79 Å². The molecule has 0 aliphatic rings. The van der Waals surface area contributed by atoms with Crippen LogP contribution in [0, 0.1) is 6.92 Å². The molecular formula is C18H20O. The number of ketones is 1. The van der Waals surface area contributed by atoms with Crippen LogP contribution in [-0.4, -0.2) is 5.78 Å². The van der Waals surface area contributed by atoms with Crippen LogP contribution in [-0.2, 0) is 12.8 Å². The second-order valence-electron chi connectivity index (χ2n) is 4.90. The summed E-state index contributed by atoms with van der Waals surface area (Å²) in [7, 11) is 0. The van der Waals surface area contributed by atoms with E-state index in [9.17, 15) is 4.79 Å². The van der Waals surface area contributed by atoms with Crippen molar-refractivity contribution in [3.8, 4) is 0 Å². The molecule has 19 heavy (non-hydrogen) atoms. The monoisotopic (exact) mass is 252 g/mol. The third-order valence-corrected chi connectivity index (χ3v) is 3.49. The van der Waals surface area contributed by atoms with Crippen molar-refractivity contribution in [2.24, 2.45) is 0 Å². The van der Waals surface area contributed by atoms with Crippen LogP contribution in [0.2, 0.25) is 0 Å². The van der Waals surface area contributed by atoms with Gasteiger partial charge in [-0.15, -0.1) is 0 Å².